The molecule has 0 aliphatic rings. The fraction of sp³-hybridized carbons (Fsp3) is 0.160. The Morgan fingerprint density at radius 1 is 1.00 bits per heavy atom. The van der Waals surface area contributed by atoms with Gasteiger partial charge in [-0.05, 0) is 67.1 Å². The monoisotopic (exact) mass is 463 g/mol. The van der Waals surface area contributed by atoms with Gasteiger partial charge in [0.1, 0.15) is 23.9 Å². The van der Waals surface area contributed by atoms with Crippen LogP contribution in [0.25, 0.3) is 0 Å². The van der Waals surface area contributed by atoms with E-state index in [1.807, 2.05) is 6.92 Å². The van der Waals surface area contributed by atoms with Crippen LogP contribution in [0.5, 0.6) is 11.5 Å². The summed E-state index contributed by atoms with van der Waals surface area (Å²) in [6.07, 6.45) is 0. The summed E-state index contributed by atoms with van der Waals surface area (Å²) in [5.74, 6) is -1.48. The maximum absolute atomic E-state index is 12.2. The number of aliphatic carboxylic acids is 1. The van der Waals surface area contributed by atoms with E-state index in [0.717, 1.165) is 0 Å². The Morgan fingerprint density at radius 3 is 2.35 bits per heavy atom. The van der Waals surface area contributed by atoms with E-state index in [2.05, 4.69) is 5.32 Å². The van der Waals surface area contributed by atoms with Crippen LogP contribution in [0.1, 0.15) is 40.0 Å². The molecule has 6 N–H and O–H groups in total. The average Bonchev–Trinajstić information content (AvgIpc) is 2.82. The predicted molar refractivity (Wildman–Crippen MR) is 127 cm³/mol. The summed E-state index contributed by atoms with van der Waals surface area (Å²) in [4.78, 5) is 23.4. The minimum Gasteiger partial charge on any atom is -0.494 e. The molecule has 0 spiro atoms. The molecule has 0 bridgehead atoms. The van der Waals surface area contributed by atoms with Crippen LogP contribution in [-0.2, 0) is 11.4 Å². The first-order valence-corrected chi connectivity index (χ1v) is 10.4. The summed E-state index contributed by atoms with van der Waals surface area (Å²) in [6, 6.07) is 16.6. The first kappa shape index (κ1) is 24.1. The molecule has 0 amide bonds. The molecular formula is C25H25N3O6. The van der Waals surface area contributed by atoms with Gasteiger partial charge in [-0.2, -0.15) is 0 Å². The molecule has 3 aromatic rings. The fourth-order valence-corrected chi connectivity index (χ4v) is 3.28. The molecule has 0 radical (unpaired) electrons. The minimum atomic E-state index is -1.18. The van der Waals surface area contributed by atoms with E-state index in [4.69, 9.17) is 20.6 Å². The highest BCUT2D eigenvalue weighted by Gasteiger charge is 2.25. The smallest absolute Gasteiger partial charge is 0.335 e. The van der Waals surface area contributed by atoms with E-state index in [9.17, 15) is 19.8 Å². The van der Waals surface area contributed by atoms with Crippen molar-refractivity contribution in [1.82, 2.24) is 0 Å². The van der Waals surface area contributed by atoms with Crippen LogP contribution in [-0.4, -0.2) is 34.6 Å². The molecule has 34 heavy (non-hydrogen) atoms. The molecule has 176 valence electrons. The summed E-state index contributed by atoms with van der Waals surface area (Å²) in [7, 11) is 0. The summed E-state index contributed by atoms with van der Waals surface area (Å²) < 4.78 is 11.5. The highest BCUT2D eigenvalue weighted by atomic mass is 16.5. The van der Waals surface area contributed by atoms with Crippen molar-refractivity contribution in [2.75, 3.05) is 11.9 Å². The van der Waals surface area contributed by atoms with Crippen LogP contribution >= 0.6 is 0 Å². The van der Waals surface area contributed by atoms with E-state index in [-0.39, 0.29) is 18.0 Å². The van der Waals surface area contributed by atoms with Crippen LogP contribution < -0.4 is 20.5 Å². The molecule has 0 aliphatic heterocycles. The van der Waals surface area contributed by atoms with Crippen LogP contribution in [0, 0.1) is 5.41 Å². The minimum absolute atomic E-state index is 0.0434. The molecule has 1 atom stereocenters. The molecular weight excluding hydrogens is 438 g/mol. The number of carbonyl (C=O) groups is 2. The molecule has 0 fully saturated rings. The molecule has 1 unspecified atom stereocenters. The lowest BCUT2D eigenvalue weighted by atomic mass is 10.0. The molecule has 0 saturated carbocycles. The standard InChI is InChI=1S/C25H25N3O6/c1-2-33-19-10-11-21(34-14-15-4-3-5-17(12-15)24(29)30)20(13-19)22(25(31)32)28-18-8-6-16(7-9-18)23(26)27/h3-13,22,28H,2,14H2,1H3,(H3,26,27)(H,29,30)(H,31,32). The van der Waals surface area contributed by atoms with Crippen molar-refractivity contribution in [3.63, 3.8) is 0 Å². The van der Waals surface area contributed by atoms with Crippen molar-refractivity contribution in [1.29, 1.82) is 5.41 Å². The van der Waals surface area contributed by atoms with Crippen molar-refractivity contribution < 1.29 is 29.3 Å². The van der Waals surface area contributed by atoms with E-state index in [0.29, 0.717) is 40.5 Å². The maximum atomic E-state index is 12.2. The molecule has 3 rings (SSSR count). The van der Waals surface area contributed by atoms with Crippen LogP contribution in [0.3, 0.4) is 0 Å². The lowest BCUT2D eigenvalue weighted by Crippen LogP contribution is -2.21. The van der Waals surface area contributed by atoms with Gasteiger partial charge in [0.25, 0.3) is 0 Å². The van der Waals surface area contributed by atoms with Gasteiger partial charge in [0.15, 0.2) is 6.04 Å². The van der Waals surface area contributed by atoms with Gasteiger partial charge in [0.2, 0.25) is 0 Å². The molecule has 9 heteroatoms. The summed E-state index contributed by atoms with van der Waals surface area (Å²) >= 11 is 0. The highest BCUT2D eigenvalue weighted by molar-refractivity contribution is 5.95. The van der Waals surface area contributed by atoms with Crippen molar-refractivity contribution in [3.05, 3.63) is 89.0 Å². The van der Waals surface area contributed by atoms with Crippen molar-refractivity contribution in [2.24, 2.45) is 5.73 Å². The van der Waals surface area contributed by atoms with Crippen molar-refractivity contribution in [2.45, 2.75) is 19.6 Å². The van der Waals surface area contributed by atoms with Gasteiger partial charge in [-0.25, -0.2) is 9.59 Å². The van der Waals surface area contributed by atoms with E-state index in [1.54, 1.807) is 54.6 Å². The van der Waals surface area contributed by atoms with E-state index in [1.165, 1.54) is 12.1 Å². The second kappa shape index (κ2) is 10.9. The van der Waals surface area contributed by atoms with E-state index < -0.39 is 18.0 Å². The first-order chi connectivity index (χ1) is 16.3. The third kappa shape index (κ3) is 6.04. The zero-order valence-corrected chi connectivity index (χ0v) is 18.4. The maximum Gasteiger partial charge on any atom is 0.335 e. The van der Waals surface area contributed by atoms with Crippen molar-refractivity contribution in [3.8, 4) is 11.5 Å². The number of amidine groups is 1. The summed E-state index contributed by atoms with van der Waals surface area (Å²) in [5.41, 5.74) is 7.61. The lowest BCUT2D eigenvalue weighted by Gasteiger charge is -2.21. The normalized spacial score (nSPS) is 11.3. The van der Waals surface area contributed by atoms with Gasteiger partial charge in [0.05, 0.1) is 12.2 Å². The summed E-state index contributed by atoms with van der Waals surface area (Å²) in [6.45, 7) is 2.27. The first-order valence-electron chi connectivity index (χ1n) is 10.4. The van der Waals surface area contributed by atoms with Gasteiger partial charge >= 0.3 is 11.9 Å². The third-order valence-corrected chi connectivity index (χ3v) is 4.93. The second-order valence-corrected chi connectivity index (χ2v) is 7.33. The highest BCUT2D eigenvalue weighted by Crippen LogP contribution is 2.33. The number of aromatic carboxylic acids is 1. The fourth-order valence-electron chi connectivity index (χ4n) is 3.28. The third-order valence-electron chi connectivity index (χ3n) is 4.93. The zero-order valence-electron chi connectivity index (χ0n) is 18.4. The van der Waals surface area contributed by atoms with Crippen LogP contribution in [0.4, 0.5) is 5.69 Å². The molecule has 0 saturated heterocycles. The van der Waals surface area contributed by atoms with E-state index >= 15 is 0 Å². The number of nitrogens with two attached hydrogens (primary N) is 1. The number of nitrogens with one attached hydrogen (secondary N) is 2. The topological polar surface area (TPSA) is 155 Å². The van der Waals surface area contributed by atoms with Crippen LogP contribution in [0.15, 0.2) is 66.7 Å². The molecule has 0 heterocycles. The van der Waals surface area contributed by atoms with Crippen molar-refractivity contribution >= 4 is 23.5 Å². The Kier molecular flexibility index (Phi) is 7.71. The number of hydrogen-bond donors (Lipinski definition) is 5. The van der Waals surface area contributed by atoms with Gasteiger partial charge < -0.3 is 30.7 Å². The number of nitrogen functional groups attached to an aromatic ring is 1. The predicted octanol–water partition coefficient (Wildman–Crippen LogP) is 3.88. The van der Waals surface area contributed by atoms with Gasteiger partial charge in [-0.15, -0.1) is 0 Å². The number of carboxylic acids is 2. The largest absolute Gasteiger partial charge is 0.494 e. The number of hydrogen-bond acceptors (Lipinski definition) is 6. The number of anilines is 1. The number of ether oxygens (including phenoxy) is 2. The molecule has 9 nitrogen and oxygen atoms in total. The SMILES string of the molecule is CCOc1ccc(OCc2cccc(C(=O)O)c2)c(C(Nc2ccc(C(=N)N)cc2)C(=O)O)c1. The average molecular weight is 463 g/mol. The second-order valence-electron chi connectivity index (χ2n) is 7.33. The number of benzene rings is 3. The van der Waals surface area contributed by atoms with Gasteiger partial charge in [0, 0.05) is 16.8 Å². The zero-order chi connectivity index (χ0) is 24.7. The Bertz CT molecular complexity index is 1190. The molecule has 3 aromatic carbocycles. The quantitative estimate of drug-likeness (QED) is 0.212. The van der Waals surface area contributed by atoms with Gasteiger partial charge in [-0.1, -0.05) is 12.1 Å². The Morgan fingerprint density at radius 2 is 1.74 bits per heavy atom. The Balaban J connectivity index is 1.91. The number of carboxylic acid groups (broad SMARTS) is 2. The Labute approximate surface area is 196 Å². The summed E-state index contributed by atoms with van der Waals surface area (Å²) in [5, 5.41) is 29.6. The number of rotatable bonds is 11. The van der Waals surface area contributed by atoms with Gasteiger partial charge in [-0.3, -0.25) is 5.41 Å². The molecule has 0 aliphatic carbocycles. The lowest BCUT2D eigenvalue weighted by molar-refractivity contribution is -0.138. The van der Waals surface area contributed by atoms with Crippen LogP contribution in [0.2, 0.25) is 0 Å². The molecule has 0 aromatic heterocycles. The Hall–Kier alpha value is -4.53.